The summed E-state index contributed by atoms with van der Waals surface area (Å²) in [5.74, 6) is 0. The Hall–Kier alpha value is -1.89. The molecule has 29 heavy (non-hydrogen) atoms. The molecule has 0 saturated heterocycles. The van der Waals surface area contributed by atoms with Crippen molar-refractivity contribution in [2.75, 3.05) is 14.2 Å². The third kappa shape index (κ3) is 5.38. The molecule has 0 fully saturated rings. The van der Waals surface area contributed by atoms with E-state index in [2.05, 4.69) is 53.9 Å². The van der Waals surface area contributed by atoms with E-state index >= 15 is 0 Å². The Kier molecular flexibility index (Phi) is 9.33. The molecule has 1 aromatic carbocycles. The van der Waals surface area contributed by atoms with E-state index in [0.29, 0.717) is 5.71 Å². The minimum atomic E-state index is -1.35. The van der Waals surface area contributed by atoms with Crippen molar-refractivity contribution in [2.45, 2.75) is 26.6 Å². The van der Waals surface area contributed by atoms with E-state index in [9.17, 15) is 0 Å². The number of nitrogens with zero attached hydrogens (tertiary/aromatic N) is 2. The molecule has 1 radical (unpaired) electrons. The van der Waals surface area contributed by atoms with Gasteiger partial charge >= 0.3 is 0 Å². The number of benzene rings is 1. The quantitative estimate of drug-likeness (QED) is 0.275. The van der Waals surface area contributed by atoms with Crippen LogP contribution in [0.3, 0.4) is 0 Å². The molecule has 0 bridgehead atoms. The van der Waals surface area contributed by atoms with Gasteiger partial charge in [-0.2, -0.15) is 0 Å². The summed E-state index contributed by atoms with van der Waals surface area (Å²) in [5.41, 5.74) is 4.21. The first kappa shape index (κ1) is 25.1. The number of fused-ring (bicyclic) bond motifs is 3. The summed E-state index contributed by atoms with van der Waals surface area (Å²) in [5, 5.41) is 17.4. The molecule has 4 aromatic rings. The summed E-state index contributed by atoms with van der Waals surface area (Å²) in [7, 11) is 0.650. The van der Waals surface area contributed by atoms with Gasteiger partial charge in [0.2, 0.25) is 5.71 Å². The van der Waals surface area contributed by atoms with Gasteiger partial charge in [-0.1, -0.05) is 42.7 Å². The van der Waals surface area contributed by atoms with Gasteiger partial charge in [0.05, 0.1) is 13.7 Å². The molecule has 2 N–H and O–H groups in total. The predicted octanol–water partition coefficient (Wildman–Crippen LogP) is 3.91. The maximum Gasteiger partial charge on any atom is 0.216 e. The summed E-state index contributed by atoms with van der Waals surface area (Å²) in [6, 6.07) is 15.6. The van der Waals surface area contributed by atoms with E-state index in [0.717, 1.165) is 47.5 Å². The topological polar surface area (TPSA) is 79.4 Å². The number of aryl methyl sites for hydroxylation is 1. The van der Waals surface area contributed by atoms with E-state index in [-0.39, 0.29) is 20.1 Å². The van der Waals surface area contributed by atoms with Gasteiger partial charge in [-0.3, -0.25) is 0 Å². The summed E-state index contributed by atoms with van der Waals surface area (Å²) in [6.45, 7) is 8.94. The fourth-order valence-electron chi connectivity index (χ4n) is 2.89. The molecule has 7 heteroatoms. The van der Waals surface area contributed by atoms with Crippen molar-refractivity contribution in [1.82, 2.24) is 9.97 Å². The smallest absolute Gasteiger partial charge is 0.216 e. The first-order valence-electron chi connectivity index (χ1n) is 9.00. The van der Waals surface area contributed by atoms with Crippen molar-refractivity contribution in [3.05, 3.63) is 54.4 Å². The molecule has 0 saturated carbocycles. The molecule has 4 rings (SSSR count). The van der Waals surface area contributed by atoms with Crippen LogP contribution in [0.15, 0.2) is 47.0 Å². The summed E-state index contributed by atoms with van der Waals surface area (Å²) >= 11 is 0. The maximum absolute atomic E-state index is 7.00. The zero-order chi connectivity index (χ0) is 20.9. The van der Waals surface area contributed by atoms with E-state index < -0.39 is 8.07 Å². The first-order chi connectivity index (χ1) is 13.4. The summed E-state index contributed by atoms with van der Waals surface area (Å²) in [6.07, 6.45) is 2.00. The second-order valence-electron chi connectivity index (χ2n) is 7.18. The number of aromatic nitrogens is 2. The number of aliphatic hydroxyl groups excluding tert-OH is 2. The Labute approximate surface area is 186 Å². The van der Waals surface area contributed by atoms with Crippen LogP contribution in [-0.2, 0) is 20.1 Å². The molecule has 0 aliphatic rings. The first-order valence-corrected chi connectivity index (χ1v) is 12.5. The average Bonchev–Trinajstić information content (AvgIpc) is 3.08. The van der Waals surface area contributed by atoms with Crippen LogP contribution in [0, 0.1) is 13.0 Å². The van der Waals surface area contributed by atoms with Gasteiger partial charge in [-0.05, 0) is 29.9 Å². The molecule has 0 unspecified atom stereocenters. The van der Waals surface area contributed by atoms with Crippen molar-refractivity contribution in [1.29, 1.82) is 0 Å². The Morgan fingerprint density at radius 3 is 2.21 bits per heavy atom. The van der Waals surface area contributed by atoms with Gasteiger partial charge in [0.25, 0.3) is 0 Å². The van der Waals surface area contributed by atoms with Crippen LogP contribution in [-0.4, -0.2) is 42.5 Å². The summed E-state index contributed by atoms with van der Waals surface area (Å²) in [4.78, 5) is 9.17. The zero-order valence-electron chi connectivity index (χ0n) is 17.6. The molecule has 3 heterocycles. The second-order valence-corrected chi connectivity index (χ2v) is 12.3. The molecule has 0 spiro atoms. The molecular weight excluding hydrogens is 561 g/mol. The average molecular weight is 588 g/mol. The Morgan fingerprint density at radius 1 is 0.931 bits per heavy atom. The molecule has 5 nitrogen and oxygen atoms in total. The number of rotatable bonds is 2. The number of hydrogen-bond acceptors (Lipinski definition) is 5. The van der Waals surface area contributed by atoms with Crippen molar-refractivity contribution >= 4 is 35.3 Å². The van der Waals surface area contributed by atoms with Crippen LogP contribution in [0.25, 0.3) is 33.3 Å². The minimum absolute atomic E-state index is 0. The van der Waals surface area contributed by atoms with Crippen LogP contribution in [0.5, 0.6) is 0 Å². The van der Waals surface area contributed by atoms with Crippen molar-refractivity contribution < 1.29 is 34.7 Å². The minimum Gasteiger partial charge on any atom is -0.486 e. The van der Waals surface area contributed by atoms with Crippen molar-refractivity contribution in [2.24, 2.45) is 0 Å². The van der Waals surface area contributed by atoms with Crippen LogP contribution in [0.2, 0.25) is 19.6 Å². The Bertz CT molecular complexity index is 1060. The molecular formula is C22H27IrN2O3Si-. The predicted molar refractivity (Wildman–Crippen MR) is 118 cm³/mol. The molecule has 0 aliphatic carbocycles. The zero-order valence-corrected chi connectivity index (χ0v) is 21.0. The third-order valence-corrected chi connectivity index (χ3v) is 6.35. The van der Waals surface area contributed by atoms with Gasteiger partial charge in [-0.15, -0.1) is 18.2 Å². The number of hydrogen-bond donors (Lipinski definition) is 2. The third-order valence-electron chi connectivity index (χ3n) is 4.32. The molecule has 0 amide bonds. The maximum atomic E-state index is 7.00. The Balaban J connectivity index is 0.000000794. The van der Waals surface area contributed by atoms with Gasteiger partial charge in [-0.25, -0.2) is 4.98 Å². The van der Waals surface area contributed by atoms with Gasteiger partial charge in [0.1, 0.15) is 0 Å². The monoisotopic (exact) mass is 588 g/mol. The van der Waals surface area contributed by atoms with Crippen LogP contribution >= 0.6 is 0 Å². The molecule has 0 atom stereocenters. The standard InChI is InChI=1S/C20H19N2OSi.2CH4O.Ir/c1-13-8-10-16-15-6-5-7-17(19(15)23-20(16)22-13)18-11-9-14(12-21-18)24(2,3)4;2*1-2;/h5-6,8-12H,1-4H3;2*2H,1H3;/q-1;;;. The second kappa shape index (κ2) is 10.8. The normalized spacial score (nSPS) is 10.5. The van der Waals surface area contributed by atoms with Crippen molar-refractivity contribution in [3.63, 3.8) is 0 Å². The fraction of sp³-hybridized carbons (Fsp3) is 0.273. The van der Waals surface area contributed by atoms with E-state index in [4.69, 9.17) is 14.6 Å². The summed E-state index contributed by atoms with van der Waals surface area (Å²) < 4.78 is 6.04. The SMILES string of the molecule is CO.CO.Cc1ccc2c(n1)oc1c(-c3ccc([Si](C)(C)C)cn3)[c-]ccc12.[Ir]. The van der Waals surface area contributed by atoms with E-state index in [1.165, 1.54) is 5.19 Å². The van der Waals surface area contributed by atoms with Gasteiger partial charge in [0.15, 0.2) is 0 Å². The van der Waals surface area contributed by atoms with Crippen LogP contribution in [0.4, 0.5) is 0 Å². The van der Waals surface area contributed by atoms with Crippen LogP contribution in [0.1, 0.15) is 5.69 Å². The Morgan fingerprint density at radius 2 is 1.62 bits per heavy atom. The van der Waals surface area contributed by atoms with Gasteiger partial charge in [0, 0.05) is 51.6 Å². The van der Waals surface area contributed by atoms with E-state index in [1.54, 1.807) is 0 Å². The van der Waals surface area contributed by atoms with Gasteiger partial charge < -0.3 is 19.6 Å². The van der Waals surface area contributed by atoms with Crippen LogP contribution < -0.4 is 5.19 Å². The largest absolute Gasteiger partial charge is 0.486 e. The molecule has 157 valence electrons. The number of aliphatic hydroxyl groups is 2. The number of pyridine rings is 2. The van der Waals surface area contributed by atoms with Crippen molar-refractivity contribution in [3.8, 4) is 11.3 Å². The van der Waals surface area contributed by atoms with E-state index in [1.807, 2.05) is 31.3 Å². The molecule has 3 aromatic heterocycles. The fourth-order valence-corrected chi connectivity index (χ4v) is 3.93. The number of furan rings is 1. The molecule has 0 aliphatic heterocycles.